The van der Waals surface area contributed by atoms with E-state index in [1.807, 2.05) is 0 Å². The third-order valence-electron chi connectivity index (χ3n) is 3.08. The van der Waals surface area contributed by atoms with Crippen molar-refractivity contribution in [3.63, 3.8) is 0 Å². The molecule has 0 atom stereocenters. The molecule has 5 nitrogen and oxygen atoms in total. The largest absolute Gasteiger partial charge is 0.404 e. The quantitative estimate of drug-likeness (QED) is 0.504. The Kier molecular flexibility index (Phi) is 3.88. The second-order valence-electron chi connectivity index (χ2n) is 4.58. The number of nitrogens with zero attached hydrogens (tertiary/aromatic N) is 3. The highest BCUT2D eigenvalue weighted by molar-refractivity contribution is 14.1. The number of fused-ring (bicyclic) bond motifs is 1. The normalized spacial score (nSPS) is 11.8. The van der Waals surface area contributed by atoms with E-state index in [9.17, 15) is 4.39 Å². The highest BCUT2D eigenvalue weighted by Crippen LogP contribution is 2.24. The van der Waals surface area contributed by atoms with Gasteiger partial charge in [0.2, 0.25) is 0 Å². The summed E-state index contributed by atoms with van der Waals surface area (Å²) in [6, 6.07) is 7.87. The number of aromatic nitrogens is 3. The lowest BCUT2D eigenvalue weighted by Gasteiger charge is -2.08. The van der Waals surface area contributed by atoms with E-state index >= 15 is 0 Å². The van der Waals surface area contributed by atoms with Crippen molar-refractivity contribution in [3.05, 3.63) is 63.6 Å². The summed E-state index contributed by atoms with van der Waals surface area (Å²) in [6.07, 6.45) is 3.05. The molecule has 22 heavy (non-hydrogen) atoms. The second-order valence-corrected chi connectivity index (χ2v) is 5.69. The average Bonchev–Trinajstić information content (AvgIpc) is 2.46. The molecule has 110 valence electrons. The van der Waals surface area contributed by atoms with Gasteiger partial charge in [0.1, 0.15) is 15.3 Å². The van der Waals surface area contributed by atoms with E-state index < -0.39 is 0 Å². The molecule has 0 aliphatic carbocycles. The number of anilines is 1. The summed E-state index contributed by atoms with van der Waals surface area (Å²) in [5.41, 5.74) is 13.5. The third kappa shape index (κ3) is 2.84. The molecule has 3 rings (SSSR count). The average molecular weight is 407 g/mol. The fourth-order valence-corrected chi connectivity index (χ4v) is 2.65. The van der Waals surface area contributed by atoms with E-state index in [1.165, 1.54) is 18.3 Å². The smallest absolute Gasteiger partial charge is 0.164 e. The van der Waals surface area contributed by atoms with Crippen molar-refractivity contribution >= 4 is 44.9 Å². The fourth-order valence-electron chi connectivity index (χ4n) is 2.11. The van der Waals surface area contributed by atoms with Crippen molar-refractivity contribution in [1.82, 2.24) is 15.0 Å². The minimum absolute atomic E-state index is 0.320. The zero-order valence-corrected chi connectivity index (χ0v) is 13.5. The fraction of sp³-hybridized carbons (Fsp3) is 0. The minimum Gasteiger partial charge on any atom is -0.404 e. The van der Waals surface area contributed by atoms with Crippen molar-refractivity contribution in [2.75, 3.05) is 5.73 Å². The van der Waals surface area contributed by atoms with Crippen LogP contribution in [-0.4, -0.2) is 15.0 Å². The van der Waals surface area contributed by atoms with Crippen molar-refractivity contribution in [2.24, 2.45) is 5.73 Å². The highest BCUT2D eigenvalue weighted by Gasteiger charge is 2.11. The molecule has 0 saturated heterocycles. The summed E-state index contributed by atoms with van der Waals surface area (Å²) in [4.78, 5) is 12.8. The Morgan fingerprint density at radius 1 is 1.18 bits per heavy atom. The van der Waals surface area contributed by atoms with Crippen LogP contribution in [0.2, 0.25) is 0 Å². The van der Waals surface area contributed by atoms with E-state index in [0.717, 1.165) is 0 Å². The Hall–Kier alpha value is -2.29. The first kappa shape index (κ1) is 14.6. The maximum absolute atomic E-state index is 13.4. The van der Waals surface area contributed by atoms with Gasteiger partial charge in [-0.2, -0.15) is 0 Å². The molecule has 0 radical (unpaired) electrons. The number of hydrogen-bond acceptors (Lipinski definition) is 5. The number of nitrogen functional groups attached to an aromatic ring is 1. The molecule has 1 aromatic carbocycles. The number of halogens is 2. The first-order valence-electron chi connectivity index (χ1n) is 6.35. The van der Waals surface area contributed by atoms with Crippen LogP contribution < -0.4 is 11.5 Å². The van der Waals surface area contributed by atoms with Crippen LogP contribution in [0, 0.1) is 9.52 Å². The van der Waals surface area contributed by atoms with Gasteiger partial charge in [-0.15, -0.1) is 0 Å². The number of rotatable bonds is 2. The van der Waals surface area contributed by atoms with E-state index in [0.29, 0.717) is 37.4 Å². The standard InChI is InChI=1S/C15H11FIN5/c16-10-1-2-12-8(4-10)3-9(7-20-12)11(6-18)15-21-13(17)5-14(19)22-15/h1-7H,18H2,(H2,19,21,22). The van der Waals surface area contributed by atoms with Gasteiger partial charge in [0.25, 0.3) is 0 Å². The van der Waals surface area contributed by atoms with Crippen LogP contribution in [0.5, 0.6) is 0 Å². The molecule has 2 aromatic heterocycles. The van der Waals surface area contributed by atoms with Crippen molar-refractivity contribution < 1.29 is 4.39 Å². The molecule has 0 saturated carbocycles. The van der Waals surface area contributed by atoms with Gasteiger partial charge in [-0.05, 0) is 46.9 Å². The number of pyridine rings is 1. The monoisotopic (exact) mass is 407 g/mol. The zero-order chi connectivity index (χ0) is 15.7. The maximum Gasteiger partial charge on any atom is 0.164 e. The molecule has 7 heteroatoms. The van der Waals surface area contributed by atoms with Crippen LogP contribution >= 0.6 is 22.6 Å². The first-order valence-corrected chi connectivity index (χ1v) is 7.43. The summed E-state index contributed by atoms with van der Waals surface area (Å²) >= 11 is 2.05. The Morgan fingerprint density at radius 2 is 2.00 bits per heavy atom. The lowest BCUT2D eigenvalue weighted by Crippen LogP contribution is -2.03. The first-order chi connectivity index (χ1) is 10.6. The molecule has 0 spiro atoms. The van der Waals surface area contributed by atoms with Gasteiger partial charge in [-0.3, -0.25) is 4.98 Å². The van der Waals surface area contributed by atoms with Crippen LogP contribution in [0.3, 0.4) is 0 Å². The van der Waals surface area contributed by atoms with Gasteiger partial charge in [0, 0.05) is 35.0 Å². The summed E-state index contributed by atoms with van der Waals surface area (Å²) in [5, 5.41) is 0.676. The zero-order valence-electron chi connectivity index (χ0n) is 11.3. The summed E-state index contributed by atoms with van der Waals surface area (Å²) in [6.45, 7) is 0. The molecule has 0 amide bonds. The SMILES string of the molecule is NC=C(c1cnc2ccc(F)cc2c1)c1nc(N)cc(I)n1. The topological polar surface area (TPSA) is 90.7 Å². The van der Waals surface area contributed by atoms with Crippen LogP contribution in [0.1, 0.15) is 11.4 Å². The predicted octanol–water partition coefficient (Wildman–Crippen LogP) is 2.70. The van der Waals surface area contributed by atoms with Crippen LogP contribution in [-0.2, 0) is 0 Å². The van der Waals surface area contributed by atoms with Gasteiger partial charge in [-0.25, -0.2) is 14.4 Å². The summed E-state index contributed by atoms with van der Waals surface area (Å²) in [7, 11) is 0. The summed E-state index contributed by atoms with van der Waals surface area (Å²) < 4.78 is 14.1. The van der Waals surface area contributed by atoms with E-state index in [4.69, 9.17) is 11.5 Å². The molecule has 0 fully saturated rings. The van der Waals surface area contributed by atoms with E-state index in [-0.39, 0.29) is 5.82 Å². The molecule has 0 bridgehead atoms. The lowest BCUT2D eigenvalue weighted by atomic mass is 10.1. The molecule has 2 heterocycles. The molecular weight excluding hydrogens is 396 g/mol. The van der Waals surface area contributed by atoms with Crippen molar-refractivity contribution in [2.45, 2.75) is 0 Å². The van der Waals surface area contributed by atoms with Crippen molar-refractivity contribution in [1.29, 1.82) is 0 Å². The summed E-state index contributed by atoms with van der Waals surface area (Å²) in [5.74, 6) is 0.442. The van der Waals surface area contributed by atoms with Gasteiger partial charge in [0.15, 0.2) is 5.82 Å². The Bertz CT molecular complexity index is 874. The maximum atomic E-state index is 13.4. The highest BCUT2D eigenvalue weighted by atomic mass is 127. The Morgan fingerprint density at radius 3 is 2.73 bits per heavy atom. The molecular formula is C15H11FIN5. The number of nitrogens with two attached hydrogens (primary N) is 2. The van der Waals surface area contributed by atoms with Gasteiger partial charge < -0.3 is 11.5 Å². The van der Waals surface area contributed by atoms with Crippen molar-refractivity contribution in [3.8, 4) is 0 Å². The molecule has 0 aliphatic heterocycles. The molecule has 4 N–H and O–H groups in total. The van der Waals surface area contributed by atoms with Crippen LogP contribution in [0.4, 0.5) is 10.2 Å². The Balaban J connectivity index is 2.14. The number of hydrogen-bond donors (Lipinski definition) is 2. The predicted molar refractivity (Wildman–Crippen MR) is 92.1 cm³/mol. The minimum atomic E-state index is -0.320. The molecule has 3 aromatic rings. The van der Waals surface area contributed by atoms with Gasteiger partial charge in [0.05, 0.1) is 5.52 Å². The van der Waals surface area contributed by atoms with E-state index in [1.54, 1.807) is 24.4 Å². The Labute approximate surface area is 139 Å². The second kappa shape index (κ2) is 5.84. The van der Waals surface area contributed by atoms with Crippen LogP contribution in [0.25, 0.3) is 16.5 Å². The third-order valence-corrected chi connectivity index (χ3v) is 3.63. The molecule has 0 unspecified atom stereocenters. The number of benzene rings is 1. The van der Waals surface area contributed by atoms with Crippen LogP contribution in [0.15, 0.2) is 42.7 Å². The van der Waals surface area contributed by atoms with Gasteiger partial charge >= 0.3 is 0 Å². The lowest BCUT2D eigenvalue weighted by molar-refractivity contribution is 0.629. The van der Waals surface area contributed by atoms with Gasteiger partial charge in [-0.1, -0.05) is 0 Å². The van der Waals surface area contributed by atoms with E-state index in [2.05, 4.69) is 37.5 Å². The molecule has 0 aliphatic rings.